The lowest BCUT2D eigenvalue weighted by molar-refractivity contribution is -0.150. The largest absolute Gasteiger partial charge is 0.301 e. The van der Waals surface area contributed by atoms with E-state index in [2.05, 4.69) is 25.7 Å². The molecular weight excluding hydrogens is 206 g/mol. The second-order valence-corrected chi connectivity index (χ2v) is 7.67. The van der Waals surface area contributed by atoms with Gasteiger partial charge in [0.15, 0.2) is 0 Å². The van der Waals surface area contributed by atoms with Gasteiger partial charge in [-0.1, -0.05) is 13.3 Å². The molecule has 2 spiro atoms. The quantitative estimate of drug-likeness (QED) is 0.697. The van der Waals surface area contributed by atoms with E-state index < -0.39 is 0 Å². The van der Waals surface area contributed by atoms with Gasteiger partial charge in [-0.15, -0.1) is 0 Å². The molecule has 1 saturated heterocycles. The molecule has 2 saturated carbocycles. The molecule has 3 rings (SSSR count). The van der Waals surface area contributed by atoms with Crippen LogP contribution in [-0.4, -0.2) is 24.0 Å². The summed E-state index contributed by atoms with van der Waals surface area (Å²) >= 11 is 0. The molecule has 1 heteroatoms. The molecule has 0 amide bonds. The molecule has 1 aliphatic heterocycles. The van der Waals surface area contributed by atoms with Crippen LogP contribution in [0.25, 0.3) is 0 Å². The van der Waals surface area contributed by atoms with Crippen LogP contribution in [0.1, 0.15) is 65.7 Å². The lowest BCUT2D eigenvalue weighted by atomic mass is 9.41. The summed E-state index contributed by atoms with van der Waals surface area (Å²) in [5, 5.41) is 0. The third-order valence-electron chi connectivity index (χ3n) is 6.11. The standard InChI is InChI=1S/C16H29N/c1-4-14-9-16(10-14)11-15(12-16)5-7-17(8-6-15)13(2)3/h13-14H,4-12H2,1-3H3. The van der Waals surface area contributed by atoms with Crippen LogP contribution in [0.3, 0.4) is 0 Å². The third kappa shape index (κ3) is 1.95. The zero-order chi connectivity index (χ0) is 12.1. The zero-order valence-corrected chi connectivity index (χ0v) is 12.0. The molecule has 0 aromatic heterocycles. The van der Waals surface area contributed by atoms with E-state index in [9.17, 15) is 0 Å². The molecule has 0 N–H and O–H groups in total. The maximum absolute atomic E-state index is 2.67. The summed E-state index contributed by atoms with van der Waals surface area (Å²) in [6.07, 6.45) is 10.7. The summed E-state index contributed by atoms with van der Waals surface area (Å²) in [5.41, 5.74) is 1.64. The fraction of sp³-hybridized carbons (Fsp3) is 1.00. The van der Waals surface area contributed by atoms with Crippen molar-refractivity contribution < 1.29 is 0 Å². The van der Waals surface area contributed by atoms with Gasteiger partial charge in [-0.2, -0.15) is 0 Å². The van der Waals surface area contributed by atoms with Crippen molar-refractivity contribution >= 4 is 0 Å². The number of hydrogen-bond donors (Lipinski definition) is 0. The highest BCUT2D eigenvalue weighted by molar-refractivity contribution is 5.10. The molecule has 98 valence electrons. The molecule has 0 radical (unpaired) electrons. The highest BCUT2D eigenvalue weighted by Crippen LogP contribution is 2.69. The molecule has 2 aliphatic carbocycles. The normalized spacial score (nSPS) is 31.8. The van der Waals surface area contributed by atoms with Crippen LogP contribution in [0, 0.1) is 16.7 Å². The van der Waals surface area contributed by atoms with E-state index in [0.29, 0.717) is 0 Å². The van der Waals surface area contributed by atoms with Crippen molar-refractivity contribution in [3.8, 4) is 0 Å². The van der Waals surface area contributed by atoms with Crippen LogP contribution < -0.4 is 0 Å². The molecule has 0 aromatic rings. The van der Waals surface area contributed by atoms with Crippen molar-refractivity contribution in [3.05, 3.63) is 0 Å². The summed E-state index contributed by atoms with van der Waals surface area (Å²) in [6, 6.07) is 0.759. The third-order valence-corrected chi connectivity index (χ3v) is 6.11. The van der Waals surface area contributed by atoms with Gasteiger partial charge < -0.3 is 4.90 Å². The van der Waals surface area contributed by atoms with Gasteiger partial charge in [0.1, 0.15) is 0 Å². The molecule has 0 aromatic carbocycles. The van der Waals surface area contributed by atoms with Gasteiger partial charge in [-0.25, -0.2) is 0 Å². The van der Waals surface area contributed by atoms with Gasteiger partial charge >= 0.3 is 0 Å². The fourth-order valence-electron chi connectivity index (χ4n) is 5.15. The maximum atomic E-state index is 2.67. The van der Waals surface area contributed by atoms with E-state index in [4.69, 9.17) is 0 Å². The van der Waals surface area contributed by atoms with E-state index in [-0.39, 0.29) is 0 Å². The SMILES string of the molecule is CCC1CC2(C1)CC1(CCN(C(C)C)CC1)C2. The summed E-state index contributed by atoms with van der Waals surface area (Å²) in [4.78, 5) is 2.67. The smallest absolute Gasteiger partial charge is 0.00385 e. The van der Waals surface area contributed by atoms with E-state index >= 15 is 0 Å². The van der Waals surface area contributed by atoms with E-state index in [1.54, 1.807) is 25.7 Å². The van der Waals surface area contributed by atoms with Crippen LogP contribution >= 0.6 is 0 Å². The predicted molar refractivity (Wildman–Crippen MR) is 73.1 cm³/mol. The van der Waals surface area contributed by atoms with Crippen molar-refractivity contribution in [1.82, 2.24) is 4.90 Å². The van der Waals surface area contributed by atoms with E-state index in [1.807, 2.05) is 0 Å². The number of likely N-dealkylation sites (tertiary alicyclic amines) is 1. The topological polar surface area (TPSA) is 3.24 Å². The Morgan fingerprint density at radius 2 is 1.65 bits per heavy atom. The first kappa shape index (κ1) is 12.0. The minimum atomic E-state index is 0.759. The minimum Gasteiger partial charge on any atom is -0.301 e. The Morgan fingerprint density at radius 1 is 1.06 bits per heavy atom. The predicted octanol–water partition coefficient (Wildman–Crippen LogP) is 4.08. The fourth-order valence-corrected chi connectivity index (χ4v) is 5.15. The monoisotopic (exact) mass is 235 g/mol. The van der Waals surface area contributed by atoms with Crippen LogP contribution in [-0.2, 0) is 0 Å². The van der Waals surface area contributed by atoms with Crippen LogP contribution in [0.4, 0.5) is 0 Å². The van der Waals surface area contributed by atoms with Crippen molar-refractivity contribution in [3.63, 3.8) is 0 Å². The van der Waals surface area contributed by atoms with Gasteiger partial charge in [0, 0.05) is 6.04 Å². The summed E-state index contributed by atoms with van der Waals surface area (Å²) in [5.74, 6) is 1.09. The molecule has 0 bridgehead atoms. The number of rotatable bonds is 2. The first-order valence-electron chi connectivity index (χ1n) is 7.81. The number of nitrogens with zero attached hydrogens (tertiary/aromatic N) is 1. The van der Waals surface area contributed by atoms with Crippen LogP contribution in [0.2, 0.25) is 0 Å². The Bertz CT molecular complexity index is 270. The first-order valence-corrected chi connectivity index (χ1v) is 7.81. The van der Waals surface area contributed by atoms with Crippen molar-refractivity contribution in [2.24, 2.45) is 16.7 Å². The molecule has 1 heterocycles. The Morgan fingerprint density at radius 3 is 2.12 bits per heavy atom. The second kappa shape index (κ2) is 3.98. The Hall–Kier alpha value is -0.0400. The Balaban J connectivity index is 1.49. The molecule has 3 aliphatic rings. The molecule has 0 unspecified atom stereocenters. The van der Waals surface area contributed by atoms with Gasteiger partial charge in [-0.3, -0.25) is 0 Å². The second-order valence-electron chi connectivity index (χ2n) is 7.67. The minimum absolute atomic E-state index is 0.759. The van der Waals surface area contributed by atoms with Crippen LogP contribution in [0.15, 0.2) is 0 Å². The highest BCUT2D eigenvalue weighted by atomic mass is 15.2. The summed E-state index contributed by atoms with van der Waals surface area (Å²) < 4.78 is 0. The van der Waals surface area contributed by atoms with Crippen molar-refractivity contribution in [2.45, 2.75) is 71.8 Å². The van der Waals surface area contributed by atoms with E-state index in [0.717, 1.165) is 22.8 Å². The maximum Gasteiger partial charge on any atom is 0.00385 e. The Labute approximate surface area is 107 Å². The van der Waals surface area contributed by atoms with Crippen LogP contribution in [0.5, 0.6) is 0 Å². The van der Waals surface area contributed by atoms with Gasteiger partial charge in [0.2, 0.25) is 0 Å². The van der Waals surface area contributed by atoms with Crippen molar-refractivity contribution in [2.75, 3.05) is 13.1 Å². The van der Waals surface area contributed by atoms with E-state index in [1.165, 1.54) is 32.4 Å². The molecular formula is C16H29N. The molecule has 1 nitrogen and oxygen atoms in total. The van der Waals surface area contributed by atoms with Crippen molar-refractivity contribution in [1.29, 1.82) is 0 Å². The number of hydrogen-bond acceptors (Lipinski definition) is 1. The lowest BCUT2D eigenvalue weighted by Gasteiger charge is -2.66. The summed E-state index contributed by atoms with van der Waals surface area (Å²) in [6.45, 7) is 9.79. The first-order chi connectivity index (χ1) is 8.06. The summed E-state index contributed by atoms with van der Waals surface area (Å²) in [7, 11) is 0. The molecule has 3 fully saturated rings. The zero-order valence-electron chi connectivity index (χ0n) is 12.0. The lowest BCUT2D eigenvalue weighted by Crippen LogP contribution is -2.57. The van der Waals surface area contributed by atoms with Gasteiger partial charge in [0.05, 0.1) is 0 Å². The average Bonchev–Trinajstić information content (AvgIpc) is 2.22. The average molecular weight is 235 g/mol. The molecule has 17 heavy (non-hydrogen) atoms. The Kier molecular flexibility index (Phi) is 2.81. The van der Waals surface area contributed by atoms with Gasteiger partial charge in [0.25, 0.3) is 0 Å². The molecule has 0 atom stereocenters. The number of piperidine rings is 1. The van der Waals surface area contributed by atoms with Gasteiger partial charge in [-0.05, 0) is 82.2 Å². The highest BCUT2D eigenvalue weighted by Gasteiger charge is 2.59.